The van der Waals surface area contributed by atoms with Crippen molar-refractivity contribution in [1.29, 1.82) is 0 Å². The number of hydrogen-bond acceptors (Lipinski definition) is 3. The zero-order valence-corrected chi connectivity index (χ0v) is 10.8. The lowest BCUT2D eigenvalue weighted by Crippen LogP contribution is -2.30. The molecule has 0 amide bonds. The van der Waals surface area contributed by atoms with Crippen LogP contribution in [0.1, 0.15) is 44.8 Å². The minimum absolute atomic E-state index is 0.152. The Morgan fingerprint density at radius 1 is 1.53 bits per heavy atom. The Bertz CT molecular complexity index is 355. The van der Waals surface area contributed by atoms with Crippen LogP contribution in [0.2, 0.25) is 0 Å². The van der Waals surface area contributed by atoms with Gasteiger partial charge in [0.2, 0.25) is 0 Å². The summed E-state index contributed by atoms with van der Waals surface area (Å²) in [4.78, 5) is 4.22. The van der Waals surface area contributed by atoms with Crippen molar-refractivity contribution in [2.75, 3.05) is 13.2 Å². The second-order valence-corrected chi connectivity index (χ2v) is 5.76. The Morgan fingerprint density at radius 2 is 2.29 bits per heavy atom. The normalized spacial score (nSPS) is 16.4. The Hall–Kier alpha value is -0.870. The number of hydrogen-bond donors (Lipinski definition) is 2. The van der Waals surface area contributed by atoms with Crippen LogP contribution in [0, 0.1) is 5.41 Å². The minimum atomic E-state index is 0.152. The van der Waals surface area contributed by atoms with E-state index in [0.29, 0.717) is 6.04 Å². The van der Waals surface area contributed by atoms with Crippen LogP contribution in [0.5, 0.6) is 0 Å². The van der Waals surface area contributed by atoms with Gasteiger partial charge in [0.25, 0.3) is 0 Å². The molecule has 0 aromatic carbocycles. The van der Waals surface area contributed by atoms with Gasteiger partial charge in [0.1, 0.15) is 0 Å². The molecule has 1 saturated carbocycles. The molecular formula is C13H23N3O. The number of aromatic nitrogens is 2. The predicted molar refractivity (Wildman–Crippen MR) is 67.7 cm³/mol. The van der Waals surface area contributed by atoms with Gasteiger partial charge in [0.15, 0.2) is 0 Å². The summed E-state index contributed by atoms with van der Waals surface area (Å²) >= 11 is 0. The molecule has 1 aromatic rings. The van der Waals surface area contributed by atoms with E-state index in [2.05, 4.69) is 28.7 Å². The van der Waals surface area contributed by atoms with Crippen LogP contribution in [0.4, 0.5) is 0 Å². The summed E-state index contributed by atoms with van der Waals surface area (Å²) in [5.41, 5.74) is 1.42. The summed E-state index contributed by atoms with van der Waals surface area (Å²) in [7, 11) is 0. The molecule has 4 nitrogen and oxygen atoms in total. The lowest BCUT2D eigenvalue weighted by molar-refractivity contribution is 0.206. The molecule has 0 radical (unpaired) electrons. The quantitative estimate of drug-likeness (QED) is 0.759. The molecule has 0 bridgehead atoms. The van der Waals surface area contributed by atoms with Crippen LogP contribution < -0.4 is 5.32 Å². The highest BCUT2D eigenvalue weighted by Crippen LogP contribution is 2.35. The number of rotatable bonds is 7. The molecule has 1 fully saturated rings. The molecule has 0 saturated heterocycles. The zero-order chi connectivity index (χ0) is 12.3. The van der Waals surface area contributed by atoms with Crippen molar-refractivity contribution in [3.8, 4) is 0 Å². The van der Waals surface area contributed by atoms with Crippen molar-refractivity contribution >= 4 is 0 Å². The van der Waals surface area contributed by atoms with E-state index in [1.54, 1.807) is 0 Å². The molecule has 0 spiro atoms. The van der Waals surface area contributed by atoms with E-state index in [-0.39, 0.29) is 12.0 Å². The highest BCUT2D eigenvalue weighted by Gasteiger charge is 2.25. The summed E-state index contributed by atoms with van der Waals surface area (Å²) in [5, 5.41) is 12.4. The third-order valence-corrected chi connectivity index (χ3v) is 3.38. The van der Waals surface area contributed by atoms with Crippen LogP contribution in [-0.4, -0.2) is 27.8 Å². The summed E-state index contributed by atoms with van der Waals surface area (Å²) < 4.78 is 2.28. The van der Waals surface area contributed by atoms with E-state index in [4.69, 9.17) is 5.11 Å². The van der Waals surface area contributed by atoms with Gasteiger partial charge in [0.05, 0.1) is 12.0 Å². The van der Waals surface area contributed by atoms with Gasteiger partial charge in [-0.3, -0.25) is 0 Å². The first-order valence-electron chi connectivity index (χ1n) is 6.45. The highest BCUT2D eigenvalue weighted by atomic mass is 16.3. The first-order chi connectivity index (χ1) is 8.12. The highest BCUT2D eigenvalue weighted by molar-refractivity contribution is 5.03. The molecule has 4 heteroatoms. The van der Waals surface area contributed by atoms with Gasteiger partial charge < -0.3 is 15.0 Å². The van der Waals surface area contributed by atoms with Crippen LogP contribution in [0.3, 0.4) is 0 Å². The molecule has 0 aliphatic heterocycles. The number of nitrogens with one attached hydrogen (secondary N) is 1. The number of nitrogens with zero attached hydrogens (tertiary/aromatic N) is 2. The summed E-state index contributed by atoms with van der Waals surface area (Å²) in [6, 6.07) is 0.694. The first-order valence-corrected chi connectivity index (χ1v) is 6.45. The van der Waals surface area contributed by atoms with Crippen molar-refractivity contribution in [1.82, 2.24) is 14.9 Å². The van der Waals surface area contributed by atoms with Crippen molar-refractivity contribution in [3.05, 3.63) is 18.2 Å². The van der Waals surface area contributed by atoms with Crippen molar-refractivity contribution in [2.24, 2.45) is 5.41 Å². The maximum absolute atomic E-state index is 8.97. The Balaban J connectivity index is 1.79. The van der Waals surface area contributed by atoms with E-state index in [9.17, 15) is 0 Å². The maximum atomic E-state index is 8.97. The second-order valence-electron chi connectivity index (χ2n) is 5.76. The largest absolute Gasteiger partial charge is 0.396 e. The van der Waals surface area contributed by atoms with Crippen LogP contribution in [0.25, 0.3) is 0 Å². The Labute approximate surface area is 103 Å². The third kappa shape index (κ3) is 3.54. The SMILES string of the molecule is CC(C)(CCO)CNCc1cncn1C1CC1. The smallest absolute Gasteiger partial charge is 0.0951 e. The topological polar surface area (TPSA) is 50.1 Å². The summed E-state index contributed by atoms with van der Waals surface area (Å²) in [6.07, 6.45) is 7.30. The molecule has 17 heavy (non-hydrogen) atoms. The monoisotopic (exact) mass is 237 g/mol. The van der Waals surface area contributed by atoms with Crippen molar-refractivity contribution < 1.29 is 5.11 Å². The average Bonchev–Trinajstić information content (AvgIpc) is 2.99. The fraction of sp³-hybridized carbons (Fsp3) is 0.769. The number of aliphatic hydroxyl groups is 1. The van der Waals surface area contributed by atoms with E-state index >= 15 is 0 Å². The number of imidazole rings is 1. The third-order valence-electron chi connectivity index (χ3n) is 3.38. The van der Waals surface area contributed by atoms with Gasteiger partial charge in [0, 0.05) is 31.9 Å². The standard InChI is InChI=1S/C13H23N3O/c1-13(2,5-6-17)9-14-7-12-8-15-10-16(12)11-3-4-11/h8,10-11,14,17H,3-7,9H2,1-2H3. The van der Waals surface area contributed by atoms with Gasteiger partial charge in [-0.05, 0) is 24.7 Å². The first kappa shape index (κ1) is 12.6. The molecule has 0 atom stereocenters. The molecular weight excluding hydrogens is 214 g/mol. The Kier molecular flexibility index (Phi) is 3.84. The minimum Gasteiger partial charge on any atom is -0.396 e. The fourth-order valence-corrected chi connectivity index (χ4v) is 2.07. The second kappa shape index (κ2) is 5.19. The number of aliphatic hydroxyl groups excluding tert-OH is 1. The molecule has 1 heterocycles. The molecule has 2 rings (SSSR count). The Morgan fingerprint density at radius 3 is 2.94 bits per heavy atom. The van der Waals surface area contributed by atoms with Crippen molar-refractivity contribution in [2.45, 2.75) is 45.7 Å². The maximum Gasteiger partial charge on any atom is 0.0951 e. The van der Waals surface area contributed by atoms with Crippen LogP contribution >= 0.6 is 0 Å². The van der Waals surface area contributed by atoms with Gasteiger partial charge in [-0.2, -0.15) is 0 Å². The molecule has 1 aromatic heterocycles. The van der Waals surface area contributed by atoms with Crippen molar-refractivity contribution in [3.63, 3.8) is 0 Å². The fourth-order valence-electron chi connectivity index (χ4n) is 2.07. The van der Waals surface area contributed by atoms with E-state index < -0.39 is 0 Å². The lowest BCUT2D eigenvalue weighted by Gasteiger charge is -2.24. The average molecular weight is 237 g/mol. The van der Waals surface area contributed by atoms with Gasteiger partial charge in [-0.25, -0.2) is 4.98 Å². The van der Waals surface area contributed by atoms with Crippen LogP contribution in [-0.2, 0) is 6.54 Å². The molecule has 2 N–H and O–H groups in total. The molecule has 1 aliphatic rings. The van der Waals surface area contributed by atoms with E-state index in [1.165, 1.54) is 18.5 Å². The molecule has 0 unspecified atom stereocenters. The predicted octanol–water partition coefficient (Wildman–Crippen LogP) is 1.72. The molecule has 96 valence electrons. The summed E-state index contributed by atoms with van der Waals surface area (Å²) in [5.74, 6) is 0. The van der Waals surface area contributed by atoms with E-state index in [0.717, 1.165) is 19.5 Å². The summed E-state index contributed by atoms with van der Waals surface area (Å²) in [6.45, 7) is 6.40. The van der Waals surface area contributed by atoms with Gasteiger partial charge in [-0.1, -0.05) is 13.8 Å². The van der Waals surface area contributed by atoms with E-state index in [1.807, 2.05) is 12.5 Å². The molecule has 1 aliphatic carbocycles. The lowest BCUT2D eigenvalue weighted by atomic mass is 9.90. The van der Waals surface area contributed by atoms with Gasteiger partial charge in [-0.15, -0.1) is 0 Å². The van der Waals surface area contributed by atoms with Gasteiger partial charge >= 0.3 is 0 Å². The van der Waals surface area contributed by atoms with Crippen LogP contribution in [0.15, 0.2) is 12.5 Å². The zero-order valence-electron chi connectivity index (χ0n) is 10.8.